The Hall–Kier alpha value is -1.52. The van der Waals surface area contributed by atoms with E-state index >= 15 is 0 Å². The highest BCUT2D eigenvalue weighted by atomic mass is 79.9. The summed E-state index contributed by atoms with van der Waals surface area (Å²) in [5, 5.41) is 1.33. The van der Waals surface area contributed by atoms with Crippen molar-refractivity contribution in [3.63, 3.8) is 0 Å². The summed E-state index contributed by atoms with van der Waals surface area (Å²) in [6, 6.07) is 19.4. The van der Waals surface area contributed by atoms with Crippen LogP contribution < -0.4 is 21.5 Å². The van der Waals surface area contributed by atoms with Gasteiger partial charge in [-0.2, -0.15) is 4.57 Å². The van der Waals surface area contributed by atoms with Crippen LogP contribution in [0.15, 0.2) is 66.0 Å². The molecule has 2 heterocycles. The van der Waals surface area contributed by atoms with E-state index in [2.05, 4.69) is 76.9 Å². The van der Waals surface area contributed by atoms with E-state index in [1.54, 1.807) is 0 Å². The third-order valence-electron chi connectivity index (χ3n) is 3.88. The number of imidazole rings is 1. The van der Waals surface area contributed by atoms with Crippen molar-refractivity contribution in [1.82, 2.24) is 4.57 Å². The van der Waals surface area contributed by atoms with Crippen LogP contribution in [0.5, 0.6) is 0 Å². The second kappa shape index (κ2) is 6.31. The van der Waals surface area contributed by atoms with Gasteiger partial charge < -0.3 is 17.0 Å². The van der Waals surface area contributed by atoms with Gasteiger partial charge >= 0.3 is 5.16 Å². The molecular weight excluding hydrogens is 356 g/mol. The zero-order valence-electron chi connectivity index (χ0n) is 12.4. The standard InChI is InChI=1S/C18H17N2S.BrH/c1-14-7-9-15(10-8-14)17-13-19-11-12-21-18(19)20(17)16-5-3-2-4-6-16;/h2-10,13H,11-12H2,1H3;1H/q+1;/p-1. The SMILES string of the molecule is Cc1ccc(-c2c[n+]3c(n2-c2ccccc2)SCC3)cc1.[Br-]. The minimum atomic E-state index is 0. The number of rotatable bonds is 2. The van der Waals surface area contributed by atoms with E-state index in [9.17, 15) is 0 Å². The maximum absolute atomic E-state index is 2.38. The lowest BCUT2D eigenvalue weighted by Crippen LogP contribution is -3.00. The summed E-state index contributed by atoms with van der Waals surface area (Å²) < 4.78 is 4.75. The van der Waals surface area contributed by atoms with E-state index < -0.39 is 0 Å². The first kappa shape index (κ1) is 15.4. The van der Waals surface area contributed by atoms with Gasteiger partial charge in [-0.15, -0.1) is 0 Å². The molecule has 0 N–H and O–H groups in total. The predicted molar refractivity (Wildman–Crippen MR) is 86.9 cm³/mol. The molecule has 22 heavy (non-hydrogen) atoms. The molecule has 1 aliphatic rings. The number of aryl methyl sites for hydroxylation is 2. The molecule has 4 heteroatoms. The molecule has 4 rings (SSSR count). The molecule has 0 fully saturated rings. The first-order chi connectivity index (χ1) is 10.3. The molecule has 0 radical (unpaired) electrons. The quantitative estimate of drug-likeness (QED) is 0.605. The zero-order chi connectivity index (χ0) is 14.2. The molecule has 2 aromatic carbocycles. The van der Waals surface area contributed by atoms with E-state index in [1.807, 2.05) is 11.8 Å². The molecule has 0 bridgehead atoms. The molecule has 2 nitrogen and oxygen atoms in total. The Morgan fingerprint density at radius 1 is 1.00 bits per heavy atom. The minimum Gasteiger partial charge on any atom is -1.00 e. The van der Waals surface area contributed by atoms with Gasteiger partial charge in [-0.1, -0.05) is 48.0 Å². The number of thioether (sulfide) groups is 1. The molecule has 0 atom stereocenters. The summed E-state index contributed by atoms with van der Waals surface area (Å²) in [7, 11) is 0. The van der Waals surface area contributed by atoms with Gasteiger partial charge in [0, 0.05) is 11.3 Å². The van der Waals surface area contributed by atoms with Crippen molar-refractivity contribution in [3.8, 4) is 16.9 Å². The van der Waals surface area contributed by atoms with Crippen LogP contribution in [0.3, 0.4) is 0 Å². The predicted octanol–water partition coefficient (Wildman–Crippen LogP) is 0.850. The number of nitrogens with zero attached hydrogens (tertiary/aromatic N) is 2. The largest absolute Gasteiger partial charge is 1.00 e. The third kappa shape index (κ3) is 2.61. The van der Waals surface area contributed by atoms with Crippen molar-refractivity contribution in [2.24, 2.45) is 0 Å². The van der Waals surface area contributed by atoms with Gasteiger partial charge in [0.05, 0.1) is 0 Å². The molecule has 112 valence electrons. The number of para-hydroxylation sites is 1. The fourth-order valence-corrected chi connectivity index (χ4v) is 3.90. The minimum absolute atomic E-state index is 0. The molecule has 0 spiro atoms. The second-order valence-electron chi connectivity index (χ2n) is 5.38. The van der Waals surface area contributed by atoms with Gasteiger partial charge in [-0.05, 0) is 30.8 Å². The van der Waals surface area contributed by atoms with Crippen molar-refractivity contribution in [2.45, 2.75) is 18.6 Å². The molecule has 0 saturated heterocycles. The van der Waals surface area contributed by atoms with Crippen LogP contribution in [0.4, 0.5) is 0 Å². The van der Waals surface area contributed by atoms with Gasteiger partial charge in [0.25, 0.3) is 0 Å². The van der Waals surface area contributed by atoms with Crippen molar-refractivity contribution in [3.05, 3.63) is 66.4 Å². The summed E-state index contributed by atoms with van der Waals surface area (Å²) in [4.78, 5) is 0. The number of hydrogen-bond donors (Lipinski definition) is 0. The Bertz CT molecular complexity index is 779. The number of hydrogen-bond acceptors (Lipinski definition) is 1. The topological polar surface area (TPSA) is 8.81 Å². The normalized spacial score (nSPS) is 12.8. The Labute approximate surface area is 145 Å². The lowest BCUT2D eigenvalue weighted by atomic mass is 10.1. The fraction of sp³-hybridized carbons (Fsp3) is 0.167. The second-order valence-corrected chi connectivity index (χ2v) is 6.44. The van der Waals surface area contributed by atoms with Gasteiger partial charge in [0.1, 0.15) is 18.4 Å². The van der Waals surface area contributed by atoms with Gasteiger partial charge in [0.15, 0.2) is 5.69 Å². The van der Waals surface area contributed by atoms with Crippen LogP contribution in [0.25, 0.3) is 16.9 Å². The number of fused-ring (bicyclic) bond motifs is 1. The van der Waals surface area contributed by atoms with Crippen LogP contribution >= 0.6 is 11.8 Å². The first-order valence-corrected chi connectivity index (χ1v) is 8.22. The summed E-state index contributed by atoms with van der Waals surface area (Å²) in [5.41, 5.74) is 5.07. The highest BCUT2D eigenvalue weighted by Crippen LogP contribution is 2.31. The molecule has 0 saturated carbocycles. The monoisotopic (exact) mass is 372 g/mol. The van der Waals surface area contributed by atoms with Gasteiger partial charge in [-0.3, -0.25) is 0 Å². The van der Waals surface area contributed by atoms with E-state index in [0.717, 1.165) is 12.3 Å². The average Bonchev–Trinajstić information content (AvgIpc) is 3.09. The van der Waals surface area contributed by atoms with Crippen LogP contribution in [-0.2, 0) is 6.54 Å². The molecule has 3 aromatic rings. The lowest BCUT2D eigenvalue weighted by Gasteiger charge is -2.04. The van der Waals surface area contributed by atoms with Gasteiger partial charge in [-0.25, -0.2) is 4.57 Å². The summed E-state index contributed by atoms with van der Waals surface area (Å²) in [6.07, 6.45) is 2.28. The molecule has 0 aliphatic carbocycles. The molecule has 0 unspecified atom stereocenters. The van der Waals surface area contributed by atoms with Crippen molar-refractivity contribution in [2.75, 3.05) is 5.75 Å². The number of halogens is 1. The van der Waals surface area contributed by atoms with E-state index in [4.69, 9.17) is 0 Å². The summed E-state index contributed by atoms with van der Waals surface area (Å²) >= 11 is 1.93. The third-order valence-corrected chi connectivity index (χ3v) is 4.94. The molecular formula is C18H17BrN2S. The highest BCUT2D eigenvalue weighted by Gasteiger charge is 2.30. The maximum Gasteiger partial charge on any atom is 0.323 e. The number of benzene rings is 2. The van der Waals surface area contributed by atoms with Gasteiger partial charge in [0.2, 0.25) is 0 Å². The summed E-state index contributed by atoms with van der Waals surface area (Å²) in [6.45, 7) is 3.23. The van der Waals surface area contributed by atoms with Crippen LogP contribution in [0.2, 0.25) is 0 Å². The lowest BCUT2D eigenvalue weighted by molar-refractivity contribution is -0.723. The van der Waals surface area contributed by atoms with E-state index in [1.165, 1.54) is 27.7 Å². The Morgan fingerprint density at radius 2 is 1.73 bits per heavy atom. The number of aromatic nitrogens is 2. The fourth-order valence-electron chi connectivity index (χ4n) is 2.79. The summed E-state index contributed by atoms with van der Waals surface area (Å²) in [5.74, 6) is 1.16. The van der Waals surface area contributed by atoms with Crippen LogP contribution in [-0.4, -0.2) is 10.3 Å². The first-order valence-electron chi connectivity index (χ1n) is 7.23. The van der Waals surface area contributed by atoms with E-state index in [-0.39, 0.29) is 17.0 Å². The Kier molecular flexibility index (Phi) is 4.41. The van der Waals surface area contributed by atoms with Crippen molar-refractivity contribution >= 4 is 11.8 Å². The van der Waals surface area contributed by atoms with E-state index in [0.29, 0.717) is 0 Å². The zero-order valence-corrected chi connectivity index (χ0v) is 14.8. The van der Waals surface area contributed by atoms with Crippen molar-refractivity contribution in [1.29, 1.82) is 0 Å². The highest BCUT2D eigenvalue weighted by molar-refractivity contribution is 7.99. The smallest absolute Gasteiger partial charge is 0.323 e. The van der Waals surface area contributed by atoms with Crippen LogP contribution in [0.1, 0.15) is 5.56 Å². The maximum atomic E-state index is 2.38. The Balaban J connectivity index is 0.00000144. The molecule has 1 aromatic heterocycles. The van der Waals surface area contributed by atoms with Crippen LogP contribution in [0, 0.1) is 6.92 Å². The average molecular weight is 373 g/mol. The molecule has 0 amide bonds. The molecule has 1 aliphatic heterocycles. The van der Waals surface area contributed by atoms with Crippen molar-refractivity contribution < 1.29 is 21.5 Å². The Morgan fingerprint density at radius 3 is 2.45 bits per heavy atom.